The minimum atomic E-state index is -0.244. The average Bonchev–Trinajstić information content (AvgIpc) is 3.32. The number of benzene rings is 1. The molecule has 6 heteroatoms. The molecule has 0 radical (unpaired) electrons. The highest BCUT2D eigenvalue weighted by atomic mass is 32.1. The van der Waals surface area contributed by atoms with Gasteiger partial charge in [0.2, 0.25) is 0 Å². The lowest BCUT2D eigenvalue weighted by molar-refractivity contribution is -0.128. The molecule has 2 heterocycles. The summed E-state index contributed by atoms with van der Waals surface area (Å²) in [4.78, 5) is 14.2. The van der Waals surface area contributed by atoms with E-state index in [1.165, 1.54) is 0 Å². The zero-order valence-electron chi connectivity index (χ0n) is 12.4. The van der Waals surface area contributed by atoms with Crippen molar-refractivity contribution >= 4 is 23.2 Å². The molecule has 22 heavy (non-hydrogen) atoms. The number of carbonyl (C=O) groups excluding carboxylic acids is 1. The lowest BCUT2D eigenvalue weighted by Crippen LogP contribution is -2.36. The summed E-state index contributed by atoms with van der Waals surface area (Å²) in [6.45, 7) is 2.99. The number of ether oxygens (including phenoxy) is 2. The molecule has 2 aliphatic heterocycles. The van der Waals surface area contributed by atoms with Crippen molar-refractivity contribution in [1.82, 2.24) is 10.2 Å². The summed E-state index contributed by atoms with van der Waals surface area (Å²) in [6.07, 6.45) is 2.25. The van der Waals surface area contributed by atoms with Crippen LogP contribution in [-0.2, 0) is 4.79 Å². The summed E-state index contributed by atoms with van der Waals surface area (Å²) < 4.78 is 11.3. The number of hydrogen-bond acceptors (Lipinski definition) is 4. The molecule has 1 amide bonds. The van der Waals surface area contributed by atoms with Crippen LogP contribution in [0.3, 0.4) is 0 Å². The highest BCUT2D eigenvalue weighted by Gasteiger charge is 2.45. The molecule has 1 saturated heterocycles. The van der Waals surface area contributed by atoms with Gasteiger partial charge in [0.1, 0.15) is 19.3 Å². The van der Waals surface area contributed by atoms with Crippen LogP contribution in [0, 0.1) is 5.92 Å². The maximum atomic E-state index is 12.5. The maximum Gasteiger partial charge on any atom is 0.251 e. The second-order valence-corrected chi connectivity index (χ2v) is 6.45. The van der Waals surface area contributed by atoms with Crippen LogP contribution in [0.5, 0.6) is 11.5 Å². The van der Waals surface area contributed by atoms with Crippen molar-refractivity contribution in [3.63, 3.8) is 0 Å². The van der Waals surface area contributed by atoms with Gasteiger partial charge in [-0.1, -0.05) is 6.07 Å². The topological polar surface area (TPSA) is 50.8 Å². The Morgan fingerprint density at radius 2 is 2.00 bits per heavy atom. The summed E-state index contributed by atoms with van der Waals surface area (Å²) in [6, 6.07) is 5.70. The first-order valence-corrected chi connectivity index (χ1v) is 8.09. The van der Waals surface area contributed by atoms with E-state index >= 15 is 0 Å². The van der Waals surface area contributed by atoms with Crippen LogP contribution in [0.4, 0.5) is 0 Å². The minimum Gasteiger partial charge on any atom is -0.486 e. The quantitative estimate of drug-likeness (QED) is 0.864. The number of carbonyl (C=O) groups is 1. The lowest BCUT2D eigenvalue weighted by Gasteiger charge is -2.28. The van der Waals surface area contributed by atoms with Crippen LogP contribution in [-0.4, -0.2) is 35.2 Å². The van der Waals surface area contributed by atoms with Crippen LogP contribution >= 0.6 is 12.2 Å². The van der Waals surface area contributed by atoms with E-state index in [0.717, 1.165) is 29.9 Å². The second-order valence-electron chi connectivity index (χ2n) is 6.06. The van der Waals surface area contributed by atoms with E-state index in [1.54, 1.807) is 4.90 Å². The first kappa shape index (κ1) is 13.8. The number of nitrogens with zero attached hydrogens (tertiary/aromatic N) is 1. The summed E-state index contributed by atoms with van der Waals surface area (Å²) in [5.74, 6) is 2.05. The van der Waals surface area contributed by atoms with Gasteiger partial charge in [-0.25, -0.2) is 0 Å². The van der Waals surface area contributed by atoms with Gasteiger partial charge >= 0.3 is 0 Å². The van der Waals surface area contributed by atoms with Crippen molar-refractivity contribution in [2.75, 3.05) is 13.2 Å². The van der Waals surface area contributed by atoms with Gasteiger partial charge in [0.25, 0.3) is 5.91 Å². The fraction of sp³-hybridized carbons (Fsp3) is 0.500. The molecule has 4 rings (SSSR count). The van der Waals surface area contributed by atoms with Crippen LogP contribution in [0.2, 0.25) is 0 Å². The van der Waals surface area contributed by atoms with Crippen molar-refractivity contribution in [3.8, 4) is 11.5 Å². The van der Waals surface area contributed by atoms with E-state index in [2.05, 4.69) is 5.32 Å². The van der Waals surface area contributed by atoms with E-state index < -0.39 is 0 Å². The molecular weight excluding hydrogens is 300 g/mol. The Morgan fingerprint density at radius 3 is 2.64 bits per heavy atom. The molecule has 2 atom stereocenters. The molecule has 116 valence electrons. The Morgan fingerprint density at radius 1 is 1.27 bits per heavy atom. The Bertz CT molecular complexity index is 644. The van der Waals surface area contributed by atoms with Gasteiger partial charge in [-0.05, 0) is 55.6 Å². The van der Waals surface area contributed by atoms with Crippen molar-refractivity contribution in [2.24, 2.45) is 5.92 Å². The molecule has 0 unspecified atom stereocenters. The molecular formula is C16H18N2O3S. The summed E-state index contributed by atoms with van der Waals surface area (Å²) in [5, 5.41) is 3.60. The third-order valence-electron chi connectivity index (χ3n) is 4.42. The lowest BCUT2D eigenvalue weighted by atomic mass is 10.00. The highest BCUT2D eigenvalue weighted by molar-refractivity contribution is 7.80. The molecule has 5 nitrogen and oxygen atoms in total. The first-order valence-electron chi connectivity index (χ1n) is 7.68. The third-order valence-corrected chi connectivity index (χ3v) is 4.74. The normalized spacial score (nSPS) is 25.1. The fourth-order valence-electron chi connectivity index (χ4n) is 3.18. The molecule has 0 aromatic heterocycles. The standard InChI is InChI=1S/C16H18N2O3S/c1-9-15(19)18(16(22)17-9)14(10-2-3-10)11-4-5-12-13(8-11)21-7-6-20-12/h4-5,8-10,14H,2-3,6-7H2,1H3,(H,17,22)/t9-,14+/m0/s1. The largest absolute Gasteiger partial charge is 0.486 e. The summed E-state index contributed by atoms with van der Waals surface area (Å²) in [7, 11) is 0. The van der Waals surface area contributed by atoms with Crippen LogP contribution in [0.15, 0.2) is 18.2 Å². The zero-order chi connectivity index (χ0) is 15.3. The number of amides is 1. The van der Waals surface area contributed by atoms with Crippen molar-refractivity contribution in [2.45, 2.75) is 31.8 Å². The maximum absolute atomic E-state index is 12.5. The van der Waals surface area contributed by atoms with Crippen molar-refractivity contribution < 1.29 is 14.3 Å². The minimum absolute atomic E-state index is 0.00623. The Balaban J connectivity index is 1.71. The SMILES string of the molecule is C[C@@H]1NC(=S)N([C@@H](c2ccc3c(c2)OCCO3)C2CC2)C1=O. The number of rotatable bonds is 3. The second kappa shape index (κ2) is 5.12. The summed E-state index contributed by atoms with van der Waals surface area (Å²) >= 11 is 5.38. The van der Waals surface area contributed by atoms with Crippen LogP contribution in [0.1, 0.15) is 31.4 Å². The number of hydrogen-bond donors (Lipinski definition) is 1. The van der Waals surface area contributed by atoms with Gasteiger partial charge in [-0.15, -0.1) is 0 Å². The van der Waals surface area contributed by atoms with Gasteiger partial charge in [-0.2, -0.15) is 0 Å². The Labute approximate surface area is 134 Å². The fourth-order valence-corrected chi connectivity index (χ4v) is 3.56. The van der Waals surface area contributed by atoms with Gasteiger partial charge < -0.3 is 14.8 Å². The molecule has 1 N–H and O–H groups in total. The molecule has 0 bridgehead atoms. The molecule has 1 saturated carbocycles. The van der Waals surface area contributed by atoms with E-state index in [9.17, 15) is 4.79 Å². The van der Waals surface area contributed by atoms with Gasteiger partial charge in [0.05, 0.1) is 6.04 Å². The van der Waals surface area contributed by atoms with E-state index in [1.807, 2.05) is 25.1 Å². The average molecular weight is 318 g/mol. The van der Waals surface area contributed by atoms with Gasteiger partial charge in [0, 0.05) is 0 Å². The third kappa shape index (κ3) is 2.22. The van der Waals surface area contributed by atoms with Crippen LogP contribution in [0.25, 0.3) is 0 Å². The highest BCUT2D eigenvalue weighted by Crippen LogP contribution is 2.47. The molecule has 1 aromatic carbocycles. The molecule has 3 aliphatic rings. The zero-order valence-corrected chi connectivity index (χ0v) is 13.2. The molecule has 1 aromatic rings. The number of thiocarbonyl (C=S) groups is 1. The number of fused-ring (bicyclic) bond motifs is 1. The molecule has 1 aliphatic carbocycles. The molecule has 0 spiro atoms. The predicted octanol–water partition coefficient (Wildman–Crippen LogP) is 2.01. The van der Waals surface area contributed by atoms with Crippen LogP contribution < -0.4 is 14.8 Å². The van der Waals surface area contributed by atoms with E-state index in [-0.39, 0.29) is 18.0 Å². The molecule has 2 fully saturated rings. The van der Waals surface area contributed by atoms with Gasteiger partial charge in [0.15, 0.2) is 16.6 Å². The Hall–Kier alpha value is -1.82. The smallest absolute Gasteiger partial charge is 0.251 e. The first-order chi connectivity index (χ1) is 10.6. The van der Waals surface area contributed by atoms with E-state index in [4.69, 9.17) is 21.7 Å². The predicted molar refractivity (Wildman–Crippen MR) is 84.9 cm³/mol. The monoisotopic (exact) mass is 318 g/mol. The summed E-state index contributed by atoms with van der Waals surface area (Å²) in [5.41, 5.74) is 1.07. The van der Waals surface area contributed by atoms with Crippen molar-refractivity contribution in [3.05, 3.63) is 23.8 Å². The van der Waals surface area contributed by atoms with E-state index in [0.29, 0.717) is 24.2 Å². The number of nitrogens with one attached hydrogen (secondary N) is 1. The van der Waals surface area contributed by atoms with Crippen molar-refractivity contribution in [1.29, 1.82) is 0 Å². The van der Waals surface area contributed by atoms with Gasteiger partial charge in [-0.3, -0.25) is 9.69 Å². The Kier molecular flexibility index (Phi) is 3.22.